The van der Waals surface area contributed by atoms with E-state index in [1.807, 2.05) is 0 Å². The quantitative estimate of drug-likeness (QED) is 0.726. The molecule has 4 nitrogen and oxygen atoms in total. The van der Waals surface area contributed by atoms with Crippen LogP contribution in [0.4, 0.5) is 0 Å². The van der Waals surface area contributed by atoms with Gasteiger partial charge in [0.15, 0.2) is 6.10 Å². The molecule has 0 aromatic rings. The highest BCUT2D eigenvalue weighted by Crippen LogP contribution is 2.25. The van der Waals surface area contributed by atoms with Crippen LogP contribution >= 0.6 is 0 Å². The SMILES string of the molecule is CC(C)(C)C(CN)N1CCOC(C#N)C1. The molecule has 1 rings (SSSR count). The van der Waals surface area contributed by atoms with E-state index in [4.69, 9.17) is 15.7 Å². The summed E-state index contributed by atoms with van der Waals surface area (Å²) in [6.45, 7) is 9.35. The van der Waals surface area contributed by atoms with E-state index in [1.165, 1.54) is 0 Å². The van der Waals surface area contributed by atoms with E-state index in [0.717, 1.165) is 6.54 Å². The molecule has 1 aliphatic rings. The van der Waals surface area contributed by atoms with Crippen molar-refractivity contribution in [3.8, 4) is 6.07 Å². The first-order valence-corrected chi connectivity index (χ1v) is 5.44. The number of nitrogens with zero attached hydrogens (tertiary/aromatic N) is 2. The second-order valence-corrected chi connectivity index (χ2v) is 5.10. The van der Waals surface area contributed by atoms with Crippen LogP contribution in [-0.4, -0.2) is 43.3 Å². The Kier molecular flexibility index (Phi) is 4.09. The third-order valence-corrected chi connectivity index (χ3v) is 2.91. The van der Waals surface area contributed by atoms with Crippen molar-refractivity contribution < 1.29 is 4.74 Å². The van der Waals surface area contributed by atoms with Crippen LogP contribution in [-0.2, 0) is 4.74 Å². The molecule has 1 saturated heterocycles. The average Bonchev–Trinajstić information content (AvgIpc) is 2.17. The van der Waals surface area contributed by atoms with Crippen LogP contribution in [0.5, 0.6) is 0 Å². The smallest absolute Gasteiger partial charge is 0.156 e. The molecule has 0 radical (unpaired) electrons. The van der Waals surface area contributed by atoms with E-state index >= 15 is 0 Å². The van der Waals surface area contributed by atoms with Crippen LogP contribution in [0.3, 0.4) is 0 Å². The van der Waals surface area contributed by atoms with E-state index in [9.17, 15) is 0 Å². The minimum absolute atomic E-state index is 0.145. The predicted molar refractivity (Wildman–Crippen MR) is 59.2 cm³/mol. The van der Waals surface area contributed by atoms with Gasteiger partial charge in [-0.15, -0.1) is 0 Å². The fourth-order valence-corrected chi connectivity index (χ4v) is 2.08. The molecule has 0 saturated carbocycles. The summed E-state index contributed by atoms with van der Waals surface area (Å²) in [5.74, 6) is 0. The van der Waals surface area contributed by atoms with Crippen LogP contribution < -0.4 is 5.73 Å². The molecule has 2 atom stereocenters. The van der Waals surface area contributed by atoms with Gasteiger partial charge in [0.25, 0.3) is 0 Å². The fraction of sp³-hybridized carbons (Fsp3) is 0.909. The van der Waals surface area contributed by atoms with Crippen molar-refractivity contribution in [2.24, 2.45) is 11.1 Å². The molecular formula is C11H21N3O. The van der Waals surface area contributed by atoms with Crippen molar-refractivity contribution in [2.75, 3.05) is 26.2 Å². The van der Waals surface area contributed by atoms with Gasteiger partial charge in [-0.2, -0.15) is 5.26 Å². The van der Waals surface area contributed by atoms with Crippen LogP contribution in [0.2, 0.25) is 0 Å². The molecule has 2 unspecified atom stereocenters. The lowest BCUT2D eigenvalue weighted by Gasteiger charge is -2.42. The van der Waals surface area contributed by atoms with Gasteiger partial charge in [-0.3, -0.25) is 4.90 Å². The van der Waals surface area contributed by atoms with E-state index in [2.05, 4.69) is 31.7 Å². The van der Waals surface area contributed by atoms with Gasteiger partial charge in [0.05, 0.1) is 12.7 Å². The Morgan fingerprint density at radius 1 is 1.60 bits per heavy atom. The van der Waals surface area contributed by atoms with Gasteiger partial charge in [-0.1, -0.05) is 20.8 Å². The lowest BCUT2D eigenvalue weighted by atomic mass is 9.85. The second-order valence-electron chi connectivity index (χ2n) is 5.10. The Hall–Kier alpha value is -0.630. The highest BCUT2D eigenvalue weighted by atomic mass is 16.5. The Balaban J connectivity index is 2.65. The molecule has 4 heteroatoms. The number of morpholine rings is 1. The fourth-order valence-electron chi connectivity index (χ4n) is 2.08. The summed E-state index contributed by atoms with van der Waals surface area (Å²) in [5.41, 5.74) is 5.96. The van der Waals surface area contributed by atoms with Crippen LogP contribution in [0.25, 0.3) is 0 Å². The number of hydrogen-bond donors (Lipinski definition) is 1. The molecule has 0 aliphatic carbocycles. The molecule has 0 spiro atoms. The molecular weight excluding hydrogens is 190 g/mol. The van der Waals surface area contributed by atoms with Crippen molar-refractivity contribution in [2.45, 2.75) is 32.9 Å². The number of ether oxygens (including phenoxy) is 1. The molecule has 1 heterocycles. The predicted octanol–water partition coefficient (Wildman–Crippen LogP) is 0.584. The third kappa shape index (κ3) is 3.16. The van der Waals surface area contributed by atoms with Gasteiger partial charge in [-0.05, 0) is 5.41 Å². The van der Waals surface area contributed by atoms with E-state index < -0.39 is 0 Å². The van der Waals surface area contributed by atoms with Crippen molar-refractivity contribution in [3.05, 3.63) is 0 Å². The number of nitrogens with two attached hydrogens (primary N) is 1. The minimum atomic E-state index is -0.296. The monoisotopic (exact) mass is 211 g/mol. The van der Waals surface area contributed by atoms with Crippen LogP contribution in [0.15, 0.2) is 0 Å². The highest BCUT2D eigenvalue weighted by Gasteiger charge is 2.32. The summed E-state index contributed by atoms with van der Waals surface area (Å²) >= 11 is 0. The summed E-state index contributed by atoms with van der Waals surface area (Å²) in [6, 6.07) is 2.48. The second kappa shape index (κ2) is 4.93. The minimum Gasteiger partial charge on any atom is -0.361 e. The number of rotatable bonds is 2. The van der Waals surface area contributed by atoms with Gasteiger partial charge in [-0.25, -0.2) is 0 Å². The maximum absolute atomic E-state index is 8.83. The van der Waals surface area contributed by atoms with Crippen LogP contribution in [0, 0.1) is 16.7 Å². The summed E-state index contributed by atoms with van der Waals surface area (Å²) in [5, 5.41) is 8.83. The molecule has 2 N–H and O–H groups in total. The van der Waals surface area contributed by atoms with Gasteiger partial charge in [0.1, 0.15) is 0 Å². The number of nitriles is 1. The molecule has 0 aromatic heterocycles. The normalized spacial score (nSPS) is 25.9. The molecule has 1 fully saturated rings. The highest BCUT2D eigenvalue weighted by molar-refractivity contribution is 4.93. The zero-order valence-corrected chi connectivity index (χ0v) is 9.86. The van der Waals surface area contributed by atoms with Gasteiger partial charge in [0.2, 0.25) is 0 Å². The maximum atomic E-state index is 8.83. The summed E-state index contributed by atoms with van der Waals surface area (Å²) in [4.78, 5) is 2.28. The van der Waals surface area contributed by atoms with Crippen molar-refractivity contribution >= 4 is 0 Å². The zero-order valence-electron chi connectivity index (χ0n) is 9.86. The summed E-state index contributed by atoms with van der Waals surface area (Å²) in [7, 11) is 0. The average molecular weight is 211 g/mol. The standard InChI is InChI=1S/C11H21N3O/c1-11(2,3)10(7-13)14-4-5-15-9(6-12)8-14/h9-10H,4-5,7-8,13H2,1-3H3. The maximum Gasteiger partial charge on any atom is 0.156 e. The first-order chi connectivity index (χ1) is 6.99. The lowest BCUT2D eigenvalue weighted by Crippen LogP contribution is -2.54. The Morgan fingerprint density at radius 2 is 2.27 bits per heavy atom. The van der Waals surface area contributed by atoms with Gasteiger partial charge < -0.3 is 10.5 Å². The molecule has 15 heavy (non-hydrogen) atoms. The van der Waals surface area contributed by atoms with Crippen molar-refractivity contribution in [1.82, 2.24) is 4.90 Å². The first kappa shape index (κ1) is 12.4. The molecule has 86 valence electrons. The number of hydrogen-bond acceptors (Lipinski definition) is 4. The third-order valence-electron chi connectivity index (χ3n) is 2.91. The largest absolute Gasteiger partial charge is 0.361 e. The zero-order chi connectivity index (χ0) is 11.5. The van der Waals surface area contributed by atoms with Gasteiger partial charge >= 0.3 is 0 Å². The van der Waals surface area contributed by atoms with Gasteiger partial charge in [0, 0.05) is 25.7 Å². The Bertz CT molecular complexity index is 241. The topological polar surface area (TPSA) is 62.3 Å². The van der Waals surface area contributed by atoms with E-state index in [1.54, 1.807) is 0 Å². The Morgan fingerprint density at radius 3 is 2.73 bits per heavy atom. The molecule has 0 bridgehead atoms. The van der Waals surface area contributed by atoms with E-state index in [-0.39, 0.29) is 11.5 Å². The lowest BCUT2D eigenvalue weighted by molar-refractivity contribution is -0.0354. The Labute approximate surface area is 92.0 Å². The summed E-state index contributed by atoms with van der Waals surface area (Å²) in [6.07, 6.45) is -0.296. The molecule has 0 amide bonds. The molecule has 1 aliphatic heterocycles. The van der Waals surface area contributed by atoms with Crippen molar-refractivity contribution in [3.63, 3.8) is 0 Å². The van der Waals surface area contributed by atoms with Crippen LogP contribution in [0.1, 0.15) is 20.8 Å². The van der Waals surface area contributed by atoms with E-state index in [0.29, 0.717) is 25.7 Å². The first-order valence-electron chi connectivity index (χ1n) is 5.44. The molecule has 0 aromatic carbocycles. The summed E-state index contributed by atoms with van der Waals surface area (Å²) < 4.78 is 5.32. The van der Waals surface area contributed by atoms with Crippen molar-refractivity contribution in [1.29, 1.82) is 5.26 Å².